The van der Waals surface area contributed by atoms with Crippen LogP contribution in [0.2, 0.25) is 0 Å². The van der Waals surface area contributed by atoms with E-state index >= 15 is 0 Å². The lowest BCUT2D eigenvalue weighted by atomic mass is 9.97. The van der Waals surface area contributed by atoms with Gasteiger partial charge in [-0.15, -0.1) is 0 Å². The molecule has 4 rings (SSSR count). The Hall–Kier alpha value is -3.56. The third kappa shape index (κ3) is 4.71. The molecule has 0 radical (unpaired) electrons. The zero-order valence-corrected chi connectivity index (χ0v) is 19.4. The maximum Gasteiger partial charge on any atom is 0.309 e. The second kappa shape index (κ2) is 10.1. The second-order valence-electron chi connectivity index (χ2n) is 8.29. The van der Waals surface area contributed by atoms with E-state index in [9.17, 15) is 19.2 Å². The fourth-order valence-corrected chi connectivity index (χ4v) is 4.36. The van der Waals surface area contributed by atoms with Crippen LogP contribution in [0, 0.1) is 5.92 Å². The van der Waals surface area contributed by atoms with E-state index in [-0.39, 0.29) is 43.1 Å². The summed E-state index contributed by atoms with van der Waals surface area (Å²) in [6.07, 6.45) is 2.79. The molecule has 182 valence electrons. The average Bonchev–Trinajstić information content (AvgIpc) is 3.31. The molecular formula is C24H29N3O7. The number of esters is 1. The number of piperidine rings is 1. The third-order valence-electron chi connectivity index (χ3n) is 6.25. The lowest BCUT2D eigenvalue weighted by Crippen LogP contribution is -2.42. The number of pyridine rings is 1. The molecule has 1 N–H and O–H groups in total. The smallest absolute Gasteiger partial charge is 0.309 e. The zero-order chi connectivity index (χ0) is 24.2. The second-order valence-corrected chi connectivity index (χ2v) is 8.29. The molecule has 0 saturated carbocycles. The number of ether oxygens (including phenoxy) is 3. The van der Waals surface area contributed by atoms with Gasteiger partial charge in [-0.25, -0.2) is 0 Å². The first-order chi connectivity index (χ1) is 16.4. The molecule has 1 aromatic heterocycles. The molecule has 1 saturated heterocycles. The Morgan fingerprint density at radius 3 is 2.50 bits per heavy atom. The Balaban J connectivity index is 1.37. The normalized spacial score (nSPS) is 15.4. The predicted octanol–water partition coefficient (Wildman–Crippen LogP) is 1.67. The average molecular weight is 472 g/mol. The van der Waals surface area contributed by atoms with Crippen LogP contribution in [-0.2, 0) is 20.9 Å². The van der Waals surface area contributed by atoms with E-state index in [1.807, 2.05) is 11.5 Å². The number of nitrogens with zero attached hydrogens (tertiary/aromatic N) is 2. The highest BCUT2D eigenvalue weighted by Crippen LogP contribution is 2.35. The summed E-state index contributed by atoms with van der Waals surface area (Å²) in [6.45, 7) is 5.76. The SMILES string of the molecule is CCOC(=O)C1CCN(C(=O)CCNC(=O)c2cn(CC)c3cc4c(cc3c2=O)OCO4)CC1. The van der Waals surface area contributed by atoms with Gasteiger partial charge in [-0.05, 0) is 32.8 Å². The van der Waals surface area contributed by atoms with E-state index in [2.05, 4.69) is 5.32 Å². The first kappa shape index (κ1) is 23.6. The molecular weight excluding hydrogens is 442 g/mol. The maximum absolute atomic E-state index is 13.0. The van der Waals surface area contributed by atoms with E-state index in [0.717, 1.165) is 0 Å². The van der Waals surface area contributed by atoms with Crippen molar-refractivity contribution in [3.05, 3.63) is 34.1 Å². The summed E-state index contributed by atoms with van der Waals surface area (Å²) >= 11 is 0. The van der Waals surface area contributed by atoms with E-state index in [0.29, 0.717) is 61.5 Å². The minimum absolute atomic E-state index is 0.0101. The quantitative estimate of drug-likeness (QED) is 0.611. The molecule has 0 aliphatic carbocycles. The van der Waals surface area contributed by atoms with Crippen LogP contribution in [0.3, 0.4) is 0 Å². The summed E-state index contributed by atoms with van der Waals surface area (Å²) in [5, 5.41) is 3.07. The number of aromatic nitrogens is 1. The van der Waals surface area contributed by atoms with Crippen molar-refractivity contribution in [2.75, 3.05) is 33.0 Å². The number of carbonyl (C=O) groups excluding carboxylic acids is 3. The molecule has 10 heteroatoms. The molecule has 0 atom stereocenters. The highest BCUT2D eigenvalue weighted by Gasteiger charge is 2.28. The van der Waals surface area contributed by atoms with Gasteiger partial charge in [0.05, 0.1) is 23.4 Å². The summed E-state index contributed by atoms with van der Waals surface area (Å²) in [5.74, 6) is 0.0354. The third-order valence-corrected chi connectivity index (χ3v) is 6.25. The van der Waals surface area contributed by atoms with Crippen molar-refractivity contribution >= 4 is 28.7 Å². The van der Waals surface area contributed by atoms with Gasteiger partial charge in [0.2, 0.25) is 18.1 Å². The summed E-state index contributed by atoms with van der Waals surface area (Å²) in [6, 6.07) is 3.35. The highest BCUT2D eigenvalue weighted by atomic mass is 16.7. The number of aryl methyl sites for hydroxylation is 1. The molecule has 0 spiro atoms. The highest BCUT2D eigenvalue weighted by molar-refractivity contribution is 5.98. The van der Waals surface area contributed by atoms with E-state index in [4.69, 9.17) is 14.2 Å². The monoisotopic (exact) mass is 471 g/mol. The molecule has 1 aromatic carbocycles. The van der Waals surface area contributed by atoms with E-state index in [1.54, 1.807) is 24.0 Å². The number of hydrogen-bond donors (Lipinski definition) is 1. The number of benzene rings is 1. The van der Waals surface area contributed by atoms with Crippen LogP contribution < -0.4 is 20.2 Å². The number of nitrogens with one attached hydrogen (secondary N) is 1. The molecule has 2 amide bonds. The minimum atomic E-state index is -0.527. The molecule has 0 bridgehead atoms. The van der Waals surface area contributed by atoms with Crippen molar-refractivity contribution < 1.29 is 28.6 Å². The minimum Gasteiger partial charge on any atom is -0.466 e. The zero-order valence-electron chi connectivity index (χ0n) is 19.4. The van der Waals surface area contributed by atoms with Crippen molar-refractivity contribution in [3.63, 3.8) is 0 Å². The largest absolute Gasteiger partial charge is 0.466 e. The fraction of sp³-hybridized carbons (Fsp3) is 0.500. The van der Waals surface area contributed by atoms with Crippen molar-refractivity contribution in [2.45, 2.75) is 39.7 Å². The van der Waals surface area contributed by atoms with Gasteiger partial charge in [-0.1, -0.05) is 0 Å². The van der Waals surface area contributed by atoms with Gasteiger partial charge in [-0.2, -0.15) is 0 Å². The van der Waals surface area contributed by atoms with Gasteiger partial charge in [0.15, 0.2) is 11.5 Å². The van der Waals surface area contributed by atoms with E-state index in [1.165, 1.54) is 6.20 Å². The maximum atomic E-state index is 13.0. The first-order valence-electron chi connectivity index (χ1n) is 11.6. The topological polar surface area (TPSA) is 116 Å². The molecule has 2 aromatic rings. The Labute approximate surface area is 196 Å². The van der Waals surface area contributed by atoms with Crippen LogP contribution in [0.25, 0.3) is 10.9 Å². The number of fused-ring (bicyclic) bond motifs is 2. The number of amides is 2. The lowest BCUT2D eigenvalue weighted by Gasteiger charge is -2.31. The molecule has 2 aliphatic rings. The van der Waals surface area contributed by atoms with Gasteiger partial charge >= 0.3 is 5.97 Å². The van der Waals surface area contributed by atoms with Gasteiger partial charge in [0.1, 0.15) is 5.56 Å². The Morgan fingerprint density at radius 2 is 1.82 bits per heavy atom. The Kier molecular flexibility index (Phi) is 7.04. The number of rotatable bonds is 7. The van der Waals surface area contributed by atoms with Crippen molar-refractivity contribution in [1.82, 2.24) is 14.8 Å². The summed E-state index contributed by atoms with van der Waals surface area (Å²) in [5.41, 5.74) is 0.272. The summed E-state index contributed by atoms with van der Waals surface area (Å²) < 4.78 is 17.6. The van der Waals surface area contributed by atoms with Crippen LogP contribution in [0.5, 0.6) is 11.5 Å². The van der Waals surface area contributed by atoms with Gasteiger partial charge < -0.3 is 29.0 Å². The molecule has 2 aliphatic heterocycles. The number of carbonyl (C=O) groups is 3. The van der Waals surface area contributed by atoms with Gasteiger partial charge in [0, 0.05) is 44.9 Å². The van der Waals surface area contributed by atoms with Crippen LogP contribution in [0.15, 0.2) is 23.1 Å². The van der Waals surface area contributed by atoms with Crippen LogP contribution in [0.1, 0.15) is 43.5 Å². The first-order valence-corrected chi connectivity index (χ1v) is 11.6. The fourth-order valence-electron chi connectivity index (χ4n) is 4.36. The number of hydrogen-bond acceptors (Lipinski definition) is 7. The summed E-state index contributed by atoms with van der Waals surface area (Å²) in [7, 11) is 0. The van der Waals surface area contributed by atoms with Crippen molar-refractivity contribution in [2.24, 2.45) is 5.92 Å². The standard InChI is InChI=1S/C24H29N3O7/c1-3-26-13-17(22(29)16-11-19-20(12-18(16)26)34-14-33-19)23(30)25-8-5-21(28)27-9-6-15(7-10-27)24(31)32-4-2/h11-13,15H,3-10,14H2,1-2H3,(H,25,30). The van der Waals surface area contributed by atoms with Crippen LogP contribution in [-0.4, -0.2) is 60.3 Å². The molecule has 1 fully saturated rings. The number of likely N-dealkylation sites (tertiary alicyclic amines) is 1. The summed E-state index contributed by atoms with van der Waals surface area (Å²) in [4.78, 5) is 51.9. The van der Waals surface area contributed by atoms with Crippen molar-refractivity contribution in [1.29, 1.82) is 0 Å². The molecule has 3 heterocycles. The molecule has 34 heavy (non-hydrogen) atoms. The predicted molar refractivity (Wildman–Crippen MR) is 123 cm³/mol. The van der Waals surface area contributed by atoms with Gasteiger partial charge in [-0.3, -0.25) is 19.2 Å². The Morgan fingerprint density at radius 1 is 1.12 bits per heavy atom. The van der Waals surface area contributed by atoms with Crippen molar-refractivity contribution in [3.8, 4) is 11.5 Å². The molecule has 10 nitrogen and oxygen atoms in total. The molecule has 0 unspecified atom stereocenters. The van der Waals surface area contributed by atoms with Gasteiger partial charge in [0.25, 0.3) is 5.91 Å². The Bertz CT molecular complexity index is 1170. The van der Waals surface area contributed by atoms with Crippen LogP contribution >= 0.6 is 0 Å². The van der Waals surface area contributed by atoms with Crippen LogP contribution in [0.4, 0.5) is 0 Å². The lowest BCUT2D eigenvalue weighted by molar-refractivity contribution is -0.151. The van der Waals surface area contributed by atoms with E-state index < -0.39 is 11.3 Å².